The summed E-state index contributed by atoms with van der Waals surface area (Å²) in [4.78, 5) is 0. The van der Waals surface area contributed by atoms with Crippen LogP contribution in [0.2, 0.25) is 0 Å². The van der Waals surface area contributed by atoms with Gasteiger partial charge in [-0.2, -0.15) is 13.2 Å². The number of halogens is 3. The van der Waals surface area contributed by atoms with Gasteiger partial charge in [0.05, 0.1) is 14.1 Å². The molecule has 0 aliphatic heterocycles. The molecule has 0 aliphatic rings. The highest BCUT2D eigenvalue weighted by Gasteiger charge is 2.36. The smallest absolute Gasteiger partial charge is 0.485 e. The Labute approximate surface area is 116 Å². The van der Waals surface area contributed by atoms with Gasteiger partial charge in [-0.25, -0.2) is 17.6 Å². The molecule has 118 valence electrons. The monoisotopic (exact) mass is 316 g/mol. The van der Waals surface area contributed by atoms with Gasteiger partial charge in [0.25, 0.3) is 5.82 Å². The van der Waals surface area contributed by atoms with Crippen molar-refractivity contribution in [3.05, 3.63) is 18.2 Å². The van der Waals surface area contributed by atoms with Gasteiger partial charge >= 0.3 is 5.51 Å². The van der Waals surface area contributed by atoms with Crippen LogP contribution in [0.25, 0.3) is 0 Å². The molecule has 0 spiro atoms. The molecular formula is C11H19F3N2O3S. The van der Waals surface area contributed by atoms with Crippen LogP contribution in [0.4, 0.5) is 13.2 Å². The van der Waals surface area contributed by atoms with E-state index >= 15 is 0 Å². The maximum Gasteiger partial charge on any atom is 0.485 e. The molecule has 20 heavy (non-hydrogen) atoms. The molecule has 0 saturated carbocycles. The summed E-state index contributed by atoms with van der Waals surface area (Å²) in [5.74, 6) is 1.42. The highest BCUT2D eigenvalue weighted by molar-refractivity contribution is 7.86. The molecule has 0 amide bonds. The van der Waals surface area contributed by atoms with Crippen molar-refractivity contribution < 1.29 is 30.7 Å². The molecule has 1 aromatic heterocycles. The van der Waals surface area contributed by atoms with Crippen molar-refractivity contribution in [1.29, 1.82) is 0 Å². The van der Waals surface area contributed by atoms with Gasteiger partial charge < -0.3 is 4.55 Å². The summed E-state index contributed by atoms with van der Waals surface area (Å²) in [6.45, 7) is 2.24. The van der Waals surface area contributed by atoms with E-state index in [1.54, 1.807) is 0 Å². The van der Waals surface area contributed by atoms with Crippen LogP contribution in [-0.2, 0) is 30.6 Å². The van der Waals surface area contributed by atoms with E-state index in [-0.39, 0.29) is 0 Å². The van der Waals surface area contributed by atoms with Gasteiger partial charge in [0.1, 0.15) is 12.4 Å². The second-order valence-corrected chi connectivity index (χ2v) is 5.66. The maximum atomic E-state index is 10.7. The lowest BCUT2D eigenvalue weighted by Gasteiger charge is -2.08. The number of rotatable bonds is 4. The second kappa shape index (κ2) is 7.63. The predicted octanol–water partition coefficient (Wildman–Crippen LogP) is 1.63. The quantitative estimate of drug-likeness (QED) is 0.367. The van der Waals surface area contributed by atoms with Crippen LogP contribution in [0.1, 0.15) is 32.0 Å². The summed E-state index contributed by atoms with van der Waals surface area (Å²) in [5, 5.41) is 0. The standard InChI is InChI=1S/C10H19N2.CHF3O3S/c1-4-5-6-7-10-11(2)8-9-12(10)3;2-1(3,4)8(5,6)7/h8-9H,4-7H2,1-3H3;(H,5,6,7)/q+1;/p-1. The van der Waals surface area contributed by atoms with Crippen LogP contribution < -0.4 is 4.57 Å². The van der Waals surface area contributed by atoms with Crippen molar-refractivity contribution >= 4 is 10.1 Å². The minimum absolute atomic E-state index is 1.20. The first kappa shape index (κ1) is 18.9. The molecule has 5 nitrogen and oxygen atoms in total. The van der Waals surface area contributed by atoms with Crippen LogP contribution >= 0.6 is 0 Å². The van der Waals surface area contributed by atoms with Gasteiger partial charge in [0.2, 0.25) is 0 Å². The molecule has 0 saturated heterocycles. The molecule has 0 unspecified atom stereocenters. The molecule has 0 aliphatic carbocycles. The van der Waals surface area contributed by atoms with Crippen LogP contribution in [0.15, 0.2) is 12.4 Å². The fourth-order valence-corrected chi connectivity index (χ4v) is 1.51. The first-order chi connectivity index (χ1) is 9.00. The number of aromatic nitrogens is 2. The average Bonchev–Trinajstić information content (AvgIpc) is 2.59. The Morgan fingerprint density at radius 1 is 1.35 bits per heavy atom. The minimum Gasteiger partial charge on any atom is -0.741 e. The summed E-state index contributed by atoms with van der Waals surface area (Å²) in [5.41, 5.74) is -5.65. The molecule has 0 radical (unpaired) electrons. The van der Waals surface area contributed by atoms with Crippen molar-refractivity contribution in [3.8, 4) is 0 Å². The third kappa shape index (κ3) is 6.38. The van der Waals surface area contributed by atoms with Crippen molar-refractivity contribution in [2.45, 2.75) is 38.1 Å². The number of alkyl halides is 3. The lowest BCUT2D eigenvalue weighted by Crippen LogP contribution is -2.31. The first-order valence-electron chi connectivity index (χ1n) is 6.02. The zero-order chi connectivity index (χ0) is 16.0. The van der Waals surface area contributed by atoms with Crippen molar-refractivity contribution in [2.24, 2.45) is 14.1 Å². The molecular weight excluding hydrogens is 297 g/mol. The summed E-state index contributed by atoms with van der Waals surface area (Å²) in [6, 6.07) is 0. The van der Waals surface area contributed by atoms with Gasteiger partial charge in [-0.05, 0) is 6.42 Å². The predicted molar refractivity (Wildman–Crippen MR) is 65.6 cm³/mol. The summed E-state index contributed by atoms with van der Waals surface area (Å²) >= 11 is 0. The number of unbranched alkanes of at least 4 members (excludes halogenated alkanes) is 2. The van der Waals surface area contributed by atoms with Crippen LogP contribution in [0.3, 0.4) is 0 Å². The van der Waals surface area contributed by atoms with Gasteiger partial charge in [-0.15, -0.1) is 0 Å². The normalized spacial score (nSPS) is 11.9. The van der Waals surface area contributed by atoms with E-state index in [4.69, 9.17) is 13.0 Å². The number of hydrogen-bond donors (Lipinski definition) is 0. The van der Waals surface area contributed by atoms with Crippen molar-refractivity contribution in [1.82, 2.24) is 4.57 Å². The van der Waals surface area contributed by atoms with Crippen molar-refractivity contribution in [2.75, 3.05) is 0 Å². The zero-order valence-electron chi connectivity index (χ0n) is 11.6. The van der Waals surface area contributed by atoms with Gasteiger partial charge in [-0.3, -0.25) is 0 Å². The molecule has 0 aromatic carbocycles. The third-order valence-electron chi connectivity index (χ3n) is 2.62. The van der Waals surface area contributed by atoms with Gasteiger partial charge in [0.15, 0.2) is 10.1 Å². The second-order valence-electron chi connectivity index (χ2n) is 4.29. The number of hydrogen-bond acceptors (Lipinski definition) is 3. The summed E-state index contributed by atoms with van der Waals surface area (Å²) in [7, 11) is -1.87. The molecule has 0 bridgehead atoms. The van der Waals surface area contributed by atoms with E-state index in [0.29, 0.717) is 0 Å². The molecule has 0 atom stereocenters. The SMILES string of the molecule is CCCCCc1n(C)cc[n+]1C.O=S(=O)([O-])C(F)(F)F. The average molecular weight is 316 g/mol. The summed E-state index contributed by atoms with van der Waals surface area (Å²) in [6.07, 6.45) is 9.37. The fourth-order valence-electron chi connectivity index (χ4n) is 1.51. The lowest BCUT2D eigenvalue weighted by molar-refractivity contribution is -0.678. The van der Waals surface area contributed by atoms with E-state index in [0.717, 1.165) is 0 Å². The molecule has 1 heterocycles. The van der Waals surface area contributed by atoms with Crippen LogP contribution in [0, 0.1) is 0 Å². The van der Waals surface area contributed by atoms with Gasteiger partial charge in [-0.1, -0.05) is 19.8 Å². The van der Waals surface area contributed by atoms with E-state index < -0.39 is 15.6 Å². The Morgan fingerprint density at radius 2 is 1.85 bits per heavy atom. The molecule has 1 rings (SSSR count). The number of imidazole rings is 1. The highest BCUT2D eigenvalue weighted by atomic mass is 32.2. The highest BCUT2D eigenvalue weighted by Crippen LogP contribution is 2.20. The number of nitrogens with zero attached hydrogens (tertiary/aromatic N) is 2. The number of aryl methyl sites for hydroxylation is 2. The Morgan fingerprint density at radius 3 is 2.15 bits per heavy atom. The molecule has 0 N–H and O–H groups in total. The van der Waals surface area contributed by atoms with Crippen molar-refractivity contribution in [3.63, 3.8) is 0 Å². The van der Waals surface area contributed by atoms with Crippen LogP contribution in [-0.4, -0.2) is 23.0 Å². The van der Waals surface area contributed by atoms with E-state index in [9.17, 15) is 13.2 Å². The van der Waals surface area contributed by atoms with Crippen LogP contribution in [0.5, 0.6) is 0 Å². The fraction of sp³-hybridized carbons (Fsp3) is 0.727. The Balaban J connectivity index is 0.000000396. The molecule has 0 fully saturated rings. The molecule has 1 aromatic rings. The largest absolute Gasteiger partial charge is 0.741 e. The van der Waals surface area contributed by atoms with E-state index in [2.05, 4.69) is 42.5 Å². The lowest BCUT2D eigenvalue weighted by atomic mass is 10.2. The molecule has 9 heteroatoms. The third-order valence-corrected chi connectivity index (χ3v) is 3.18. The minimum atomic E-state index is -6.09. The Bertz CT molecular complexity index is 490. The van der Waals surface area contributed by atoms with E-state index in [1.807, 2.05) is 0 Å². The zero-order valence-corrected chi connectivity index (χ0v) is 12.5. The maximum absolute atomic E-state index is 10.7. The van der Waals surface area contributed by atoms with E-state index in [1.165, 1.54) is 31.5 Å². The Kier molecular flexibility index (Phi) is 7.21. The summed E-state index contributed by atoms with van der Waals surface area (Å²) < 4.78 is 63.3. The Hall–Kier alpha value is -1.09. The first-order valence-corrected chi connectivity index (χ1v) is 7.43. The van der Waals surface area contributed by atoms with Gasteiger partial charge in [0, 0.05) is 6.42 Å². The topological polar surface area (TPSA) is 66.0 Å².